The summed E-state index contributed by atoms with van der Waals surface area (Å²) in [5.74, 6) is 2.97. The molecule has 0 unspecified atom stereocenters. The molecule has 1 saturated heterocycles. The van der Waals surface area contributed by atoms with E-state index in [2.05, 4.69) is 5.92 Å². The van der Waals surface area contributed by atoms with Crippen LogP contribution in [0, 0.1) is 12.3 Å². The molecule has 5 heteroatoms. The lowest BCUT2D eigenvalue weighted by molar-refractivity contribution is 0.0249. The second kappa shape index (κ2) is 7.30. The van der Waals surface area contributed by atoms with Crippen molar-refractivity contribution in [1.29, 1.82) is 0 Å². The van der Waals surface area contributed by atoms with Gasteiger partial charge in [-0.25, -0.2) is 0 Å². The SMILES string of the molecule is C#CC1(O)CCN(C(=O)c2cccc(OCCOC)c2)CC1. The van der Waals surface area contributed by atoms with Gasteiger partial charge in [-0.05, 0) is 18.2 Å². The third kappa shape index (κ3) is 4.00. The first-order valence-corrected chi connectivity index (χ1v) is 7.29. The summed E-state index contributed by atoms with van der Waals surface area (Å²) < 4.78 is 10.4. The molecule has 0 bridgehead atoms. The molecular formula is C17H21NO4. The van der Waals surface area contributed by atoms with E-state index < -0.39 is 5.60 Å². The molecule has 22 heavy (non-hydrogen) atoms. The summed E-state index contributed by atoms with van der Waals surface area (Å²) in [5, 5.41) is 10.0. The summed E-state index contributed by atoms with van der Waals surface area (Å²) in [7, 11) is 1.61. The second-order valence-electron chi connectivity index (χ2n) is 5.34. The summed E-state index contributed by atoms with van der Waals surface area (Å²) in [6, 6.07) is 7.07. The van der Waals surface area contributed by atoms with Crippen LogP contribution in [0.5, 0.6) is 5.75 Å². The van der Waals surface area contributed by atoms with Gasteiger partial charge in [0, 0.05) is 38.6 Å². The van der Waals surface area contributed by atoms with Crippen molar-refractivity contribution in [2.24, 2.45) is 0 Å². The topological polar surface area (TPSA) is 59.0 Å². The standard InChI is InChI=1S/C17H21NO4/c1-3-17(20)7-9-18(10-8-17)16(19)14-5-4-6-15(13-14)22-12-11-21-2/h1,4-6,13,20H,7-12H2,2H3. The third-order valence-electron chi connectivity index (χ3n) is 3.78. The number of terminal acetylenes is 1. The molecule has 1 amide bonds. The molecule has 1 heterocycles. The molecule has 1 aliphatic rings. The Morgan fingerprint density at radius 1 is 1.41 bits per heavy atom. The Hall–Kier alpha value is -2.03. The molecule has 1 aliphatic heterocycles. The van der Waals surface area contributed by atoms with Gasteiger partial charge in [0.05, 0.1) is 6.61 Å². The third-order valence-corrected chi connectivity index (χ3v) is 3.78. The Balaban J connectivity index is 1.98. The number of nitrogens with zero attached hydrogens (tertiary/aromatic N) is 1. The first-order valence-electron chi connectivity index (χ1n) is 7.29. The van der Waals surface area contributed by atoms with Crippen LogP contribution < -0.4 is 4.74 Å². The van der Waals surface area contributed by atoms with Crippen molar-refractivity contribution in [3.63, 3.8) is 0 Å². The second-order valence-corrected chi connectivity index (χ2v) is 5.34. The van der Waals surface area contributed by atoms with Gasteiger partial charge in [-0.15, -0.1) is 6.42 Å². The predicted octanol–water partition coefficient (Wildman–Crippen LogP) is 1.31. The van der Waals surface area contributed by atoms with Crippen LogP contribution in [0.3, 0.4) is 0 Å². The fourth-order valence-corrected chi connectivity index (χ4v) is 2.37. The van der Waals surface area contributed by atoms with Gasteiger partial charge in [0.25, 0.3) is 5.91 Å². The summed E-state index contributed by atoms with van der Waals surface area (Å²) >= 11 is 0. The quantitative estimate of drug-likeness (QED) is 0.658. The van der Waals surface area contributed by atoms with Crippen LogP contribution in [-0.2, 0) is 4.74 Å². The highest BCUT2D eigenvalue weighted by atomic mass is 16.5. The van der Waals surface area contributed by atoms with Crippen LogP contribution in [0.4, 0.5) is 0 Å². The molecule has 0 aromatic heterocycles. The fourth-order valence-electron chi connectivity index (χ4n) is 2.37. The Morgan fingerprint density at radius 2 is 2.14 bits per heavy atom. The van der Waals surface area contributed by atoms with Gasteiger partial charge in [0.2, 0.25) is 0 Å². The van der Waals surface area contributed by atoms with Crippen LogP contribution in [0.15, 0.2) is 24.3 Å². The highest BCUT2D eigenvalue weighted by molar-refractivity contribution is 5.94. The number of carbonyl (C=O) groups excluding carboxylic acids is 1. The summed E-state index contributed by atoms with van der Waals surface area (Å²) in [5.41, 5.74) is -0.511. The number of benzene rings is 1. The number of hydrogen-bond donors (Lipinski definition) is 1. The number of amides is 1. The minimum absolute atomic E-state index is 0.0729. The number of hydrogen-bond acceptors (Lipinski definition) is 4. The lowest BCUT2D eigenvalue weighted by atomic mass is 9.92. The minimum Gasteiger partial charge on any atom is -0.491 e. The molecule has 0 aliphatic carbocycles. The van der Waals surface area contributed by atoms with E-state index in [1.807, 2.05) is 0 Å². The first-order chi connectivity index (χ1) is 10.6. The molecular weight excluding hydrogens is 282 g/mol. The Labute approximate surface area is 130 Å². The smallest absolute Gasteiger partial charge is 0.253 e. The van der Waals surface area contributed by atoms with Gasteiger partial charge >= 0.3 is 0 Å². The number of methoxy groups -OCH3 is 1. The van der Waals surface area contributed by atoms with Gasteiger partial charge in [0.15, 0.2) is 0 Å². The van der Waals surface area contributed by atoms with E-state index in [1.165, 1.54) is 0 Å². The Kier molecular flexibility index (Phi) is 5.42. The average Bonchev–Trinajstić information content (AvgIpc) is 2.55. The van der Waals surface area contributed by atoms with E-state index in [1.54, 1.807) is 36.3 Å². The number of aliphatic hydroxyl groups is 1. The first kappa shape index (κ1) is 16.3. The number of piperidine rings is 1. The van der Waals surface area contributed by atoms with E-state index in [4.69, 9.17) is 15.9 Å². The molecule has 1 aromatic carbocycles. The lowest BCUT2D eigenvalue weighted by Crippen LogP contribution is -2.45. The largest absolute Gasteiger partial charge is 0.491 e. The van der Waals surface area contributed by atoms with Crippen molar-refractivity contribution in [3.05, 3.63) is 29.8 Å². The van der Waals surface area contributed by atoms with Crippen LogP contribution >= 0.6 is 0 Å². The van der Waals surface area contributed by atoms with E-state index >= 15 is 0 Å². The summed E-state index contributed by atoms with van der Waals surface area (Å²) in [4.78, 5) is 14.2. The zero-order chi connectivity index (χ0) is 16.0. The highest BCUT2D eigenvalue weighted by Gasteiger charge is 2.32. The molecule has 118 valence electrons. The monoisotopic (exact) mass is 303 g/mol. The van der Waals surface area contributed by atoms with Gasteiger partial charge < -0.3 is 19.5 Å². The molecule has 0 saturated carbocycles. The zero-order valence-electron chi connectivity index (χ0n) is 12.7. The van der Waals surface area contributed by atoms with Crippen LogP contribution in [0.25, 0.3) is 0 Å². The predicted molar refractivity (Wildman–Crippen MR) is 82.7 cm³/mol. The lowest BCUT2D eigenvalue weighted by Gasteiger charge is -2.35. The van der Waals surface area contributed by atoms with E-state index in [-0.39, 0.29) is 5.91 Å². The summed E-state index contributed by atoms with van der Waals surface area (Å²) in [6.07, 6.45) is 6.12. The van der Waals surface area contributed by atoms with E-state index in [0.717, 1.165) is 0 Å². The molecule has 0 radical (unpaired) electrons. The molecule has 0 spiro atoms. The number of ether oxygens (including phenoxy) is 2. The maximum atomic E-state index is 12.5. The normalized spacial score (nSPS) is 16.9. The van der Waals surface area contributed by atoms with Crippen LogP contribution in [-0.4, -0.2) is 54.9 Å². The zero-order valence-corrected chi connectivity index (χ0v) is 12.7. The van der Waals surface area contributed by atoms with Crippen molar-refractivity contribution >= 4 is 5.91 Å². The summed E-state index contributed by atoms with van der Waals surface area (Å²) in [6.45, 7) is 1.84. The van der Waals surface area contributed by atoms with Crippen molar-refractivity contribution < 1.29 is 19.4 Å². The van der Waals surface area contributed by atoms with Gasteiger partial charge in [-0.3, -0.25) is 4.79 Å². The maximum absolute atomic E-state index is 12.5. The maximum Gasteiger partial charge on any atom is 0.253 e. The highest BCUT2D eigenvalue weighted by Crippen LogP contribution is 2.23. The van der Waals surface area contributed by atoms with Gasteiger partial charge in [-0.1, -0.05) is 12.0 Å². The molecule has 5 nitrogen and oxygen atoms in total. The molecule has 0 atom stereocenters. The van der Waals surface area contributed by atoms with Crippen molar-refractivity contribution in [3.8, 4) is 18.1 Å². The van der Waals surface area contributed by atoms with E-state index in [9.17, 15) is 9.90 Å². The Morgan fingerprint density at radius 3 is 2.77 bits per heavy atom. The van der Waals surface area contributed by atoms with Crippen molar-refractivity contribution in [2.75, 3.05) is 33.4 Å². The minimum atomic E-state index is -1.08. The average molecular weight is 303 g/mol. The fraction of sp³-hybridized carbons (Fsp3) is 0.471. The number of rotatable bonds is 5. The van der Waals surface area contributed by atoms with Crippen molar-refractivity contribution in [2.45, 2.75) is 18.4 Å². The molecule has 2 rings (SSSR count). The number of likely N-dealkylation sites (tertiary alicyclic amines) is 1. The molecule has 1 N–H and O–H groups in total. The van der Waals surface area contributed by atoms with Crippen LogP contribution in [0.2, 0.25) is 0 Å². The van der Waals surface area contributed by atoms with E-state index in [0.29, 0.717) is 50.5 Å². The van der Waals surface area contributed by atoms with Crippen LogP contribution in [0.1, 0.15) is 23.2 Å². The van der Waals surface area contributed by atoms with Crippen molar-refractivity contribution in [1.82, 2.24) is 4.90 Å². The van der Waals surface area contributed by atoms with Gasteiger partial charge in [-0.2, -0.15) is 0 Å². The Bertz CT molecular complexity index is 556. The molecule has 1 fully saturated rings. The number of carbonyl (C=O) groups is 1. The van der Waals surface area contributed by atoms with Gasteiger partial charge in [0.1, 0.15) is 18.0 Å². The molecule has 1 aromatic rings.